The summed E-state index contributed by atoms with van der Waals surface area (Å²) in [4.78, 5) is 0. The molecule has 0 aromatic heterocycles. The zero-order valence-corrected chi connectivity index (χ0v) is 13.1. The first-order chi connectivity index (χ1) is 10.7. The van der Waals surface area contributed by atoms with Gasteiger partial charge in [0.1, 0.15) is 0 Å². The van der Waals surface area contributed by atoms with E-state index in [0.717, 1.165) is 6.42 Å². The van der Waals surface area contributed by atoms with Crippen LogP contribution in [0, 0.1) is 0 Å². The third-order valence-corrected chi connectivity index (χ3v) is 4.93. The Balaban J connectivity index is 1.99. The molecule has 108 valence electrons. The van der Waals surface area contributed by atoms with Crippen LogP contribution in [0.2, 0.25) is 0 Å². The molecule has 0 saturated heterocycles. The summed E-state index contributed by atoms with van der Waals surface area (Å²) in [5, 5.41) is 0. The maximum atomic E-state index is 2.36. The molecule has 1 aliphatic carbocycles. The lowest BCUT2D eigenvalue weighted by atomic mass is 9.67. The maximum absolute atomic E-state index is 2.36. The van der Waals surface area contributed by atoms with Crippen molar-refractivity contribution in [1.29, 1.82) is 0 Å². The average molecular weight is 284 g/mol. The van der Waals surface area contributed by atoms with E-state index in [1.54, 1.807) is 0 Å². The number of fused-ring (bicyclic) bond motifs is 2. The van der Waals surface area contributed by atoms with Crippen LogP contribution >= 0.6 is 0 Å². The van der Waals surface area contributed by atoms with Crippen molar-refractivity contribution in [1.82, 2.24) is 0 Å². The summed E-state index contributed by atoms with van der Waals surface area (Å²) in [5.41, 5.74) is 8.60. The van der Waals surface area contributed by atoms with Crippen molar-refractivity contribution in [2.24, 2.45) is 0 Å². The normalized spacial score (nSPS) is 15.0. The predicted octanol–water partition coefficient (Wildman–Crippen LogP) is 5.58. The van der Waals surface area contributed by atoms with Gasteiger partial charge in [-0.2, -0.15) is 0 Å². The highest BCUT2D eigenvalue weighted by molar-refractivity contribution is 5.73. The van der Waals surface area contributed by atoms with E-state index in [4.69, 9.17) is 0 Å². The SMILES string of the molecule is CC1(C)c2ccccc2Cc2cccc(-c3ccccc3)c21. The zero-order chi connectivity index (χ0) is 15.2. The molecule has 22 heavy (non-hydrogen) atoms. The Hall–Kier alpha value is -2.34. The van der Waals surface area contributed by atoms with Crippen LogP contribution in [-0.2, 0) is 11.8 Å². The Bertz CT molecular complexity index is 826. The first-order valence-electron chi connectivity index (χ1n) is 7.94. The van der Waals surface area contributed by atoms with Crippen LogP contribution in [0.25, 0.3) is 11.1 Å². The van der Waals surface area contributed by atoms with Gasteiger partial charge < -0.3 is 0 Å². The van der Waals surface area contributed by atoms with E-state index in [0.29, 0.717) is 0 Å². The highest BCUT2D eigenvalue weighted by Crippen LogP contribution is 2.45. The van der Waals surface area contributed by atoms with Gasteiger partial charge in [0, 0.05) is 5.41 Å². The highest BCUT2D eigenvalue weighted by Gasteiger charge is 2.34. The largest absolute Gasteiger partial charge is 0.0622 e. The fourth-order valence-corrected chi connectivity index (χ4v) is 3.97. The van der Waals surface area contributed by atoms with Gasteiger partial charge in [-0.25, -0.2) is 0 Å². The first kappa shape index (κ1) is 13.3. The predicted molar refractivity (Wildman–Crippen MR) is 93.3 cm³/mol. The van der Waals surface area contributed by atoms with Crippen molar-refractivity contribution in [3.63, 3.8) is 0 Å². The number of rotatable bonds is 1. The molecule has 0 radical (unpaired) electrons. The van der Waals surface area contributed by atoms with Gasteiger partial charge in [-0.15, -0.1) is 0 Å². The lowest BCUT2D eigenvalue weighted by Crippen LogP contribution is -2.27. The standard InChI is InChI=1S/C22H20/c1-22(2)20-14-7-6-11-17(20)15-18-12-8-13-19(21(18)22)16-9-4-3-5-10-16/h3-14H,15H2,1-2H3. The number of benzene rings is 3. The monoisotopic (exact) mass is 284 g/mol. The van der Waals surface area contributed by atoms with Gasteiger partial charge in [0.05, 0.1) is 0 Å². The topological polar surface area (TPSA) is 0 Å². The zero-order valence-electron chi connectivity index (χ0n) is 13.1. The summed E-state index contributed by atoms with van der Waals surface area (Å²) in [6, 6.07) is 26.4. The van der Waals surface area contributed by atoms with Crippen LogP contribution < -0.4 is 0 Å². The van der Waals surface area contributed by atoms with Gasteiger partial charge in [0.25, 0.3) is 0 Å². The summed E-state index contributed by atoms with van der Waals surface area (Å²) < 4.78 is 0. The van der Waals surface area contributed by atoms with Crippen molar-refractivity contribution < 1.29 is 0 Å². The molecule has 3 aromatic rings. The summed E-state index contributed by atoms with van der Waals surface area (Å²) >= 11 is 0. The molecule has 1 aliphatic rings. The highest BCUT2D eigenvalue weighted by atomic mass is 14.4. The van der Waals surface area contributed by atoms with Gasteiger partial charge in [-0.3, -0.25) is 0 Å². The van der Waals surface area contributed by atoms with Crippen molar-refractivity contribution in [2.45, 2.75) is 25.7 Å². The van der Waals surface area contributed by atoms with Crippen molar-refractivity contribution in [3.05, 3.63) is 95.1 Å². The smallest absolute Gasteiger partial charge is 0.0158 e. The van der Waals surface area contributed by atoms with Gasteiger partial charge >= 0.3 is 0 Å². The van der Waals surface area contributed by atoms with Crippen molar-refractivity contribution >= 4 is 0 Å². The molecule has 0 heterocycles. The Labute approximate surface area is 132 Å². The molecule has 3 aromatic carbocycles. The third-order valence-electron chi connectivity index (χ3n) is 4.93. The second-order valence-corrected chi connectivity index (χ2v) is 6.66. The van der Waals surface area contributed by atoms with E-state index < -0.39 is 0 Å². The third kappa shape index (κ3) is 1.91. The molecule has 0 bridgehead atoms. The molecule has 0 unspecified atom stereocenters. The van der Waals surface area contributed by atoms with Gasteiger partial charge in [-0.05, 0) is 39.8 Å². The van der Waals surface area contributed by atoms with Gasteiger partial charge in [0.2, 0.25) is 0 Å². The van der Waals surface area contributed by atoms with Crippen LogP contribution in [0.1, 0.15) is 36.1 Å². The molecule has 0 nitrogen and oxygen atoms in total. The summed E-state index contributed by atoms with van der Waals surface area (Å²) in [6.45, 7) is 4.71. The molecule has 4 rings (SSSR count). The molecule has 0 saturated carbocycles. The van der Waals surface area contributed by atoms with E-state index in [9.17, 15) is 0 Å². The lowest BCUT2D eigenvalue weighted by Gasteiger charge is -2.37. The fraction of sp³-hybridized carbons (Fsp3) is 0.182. The Kier molecular flexibility index (Phi) is 2.94. The molecule has 0 atom stereocenters. The Morgan fingerprint density at radius 3 is 2.18 bits per heavy atom. The lowest BCUT2D eigenvalue weighted by molar-refractivity contribution is 0.612. The fourth-order valence-electron chi connectivity index (χ4n) is 3.97. The summed E-state index contributed by atoms with van der Waals surface area (Å²) in [5.74, 6) is 0. The van der Waals surface area contributed by atoms with E-state index >= 15 is 0 Å². The Morgan fingerprint density at radius 2 is 1.36 bits per heavy atom. The van der Waals surface area contributed by atoms with Crippen molar-refractivity contribution in [3.8, 4) is 11.1 Å². The first-order valence-corrected chi connectivity index (χ1v) is 7.94. The minimum Gasteiger partial charge on any atom is -0.0622 e. The molecule has 0 heteroatoms. The van der Waals surface area contributed by atoms with Crippen LogP contribution in [0.15, 0.2) is 72.8 Å². The van der Waals surface area contributed by atoms with Crippen LogP contribution in [-0.4, -0.2) is 0 Å². The minimum absolute atomic E-state index is 0.0383. The second-order valence-electron chi connectivity index (χ2n) is 6.66. The number of hydrogen-bond donors (Lipinski definition) is 0. The second kappa shape index (κ2) is 4.84. The Morgan fingerprint density at radius 1 is 0.682 bits per heavy atom. The van der Waals surface area contributed by atoms with E-state index in [1.807, 2.05) is 0 Å². The van der Waals surface area contributed by atoms with Crippen LogP contribution in [0.4, 0.5) is 0 Å². The van der Waals surface area contributed by atoms with E-state index in [2.05, 4.69) is 86.6 Å². The van der Waals surface area contributed by atoms with Crippen LogP contribution in [0.3, 0.4) is 0 Å². The van der Waals surface area contributed by atoms with Crippen molar-refractivity contribution in [2.75, 3.05) is 0 Å². The van der Waals surface area contributed by atoms with Gasteiger partial charge in [0.15, 0.2) is 0 Å². The van der Waals surface area contributed by atoms with Crippen LogP contribution in [0.5, 0.6) is 0 Å². The minimum atomic E-state index is 0.0383. The molecule has 0 fully saturated rings. The summed E-state index contributed by atoms with van der Waals surface area (Å²) in [6.07, 6.45) is 1.04. The molecule has 0 spiro atoms. The maximum Gasteiger partial charge on any atom is 0.0158 e. The number of hydrogen-bond acceptors (Lipinski definition) is 0. The molecular formula is C22H20. The molecule has 0 N–H and O–H groups in total. The molecule has 0 aliphatic heterocycles. The molecular weight excluding hydrogens is 264 g/mol. The molecule has 0 amide bonds. The average Bonchev–Trinajstić information content (AvgIpc) is 2.55. The van der Waals surface area contributed by atoms with Gasteiger partial charge in [-0.1, -0.05) is 86.6 Å². The van der Waals surface area contributed by atoms with E-state index in [1.165, 1.54) is 33.4 Å². The van der Waals surface area contributed by atoms with E-state index in [-0.39, 0.29) is 5.41 Å². The quantitative estimate of drug-likeness (QED) is 0.547. The summed E-state index contributed by atoms with van der Waals surface area (Å²) in [7, 11) is 0.